The van der Waals surface area contributed by atoms with Crippen LogP contribution in [-0.2, 0) is 13.7 Å². The van der Waals surface area contributed by atoms with E-state index in [9.17, 15) is 4.91 Å². The van der Waals surface area contributed by atoms with Crippen molar-refractivity contribution in [1.82, 2.24) is 4.90 Å². The van der Waals surface area contributed by atoms with Crippen molar-refractivity contribution in [2.45, 2.75) is 31.8 Å². The van der Waals surface area contributed by atoms with Crippen molar-refractivity contribution < 1.29 is 13.7 Å². The minimum atomic E-state index is -0.283. The molecule has 0 aromatic heterocycles. The molecule has 0 radical (unpaired) electrons. The Morgan fingerprint density at radius 2 is 2.44 bits per heavy atom. The van der Waals surface area contributed by atoms with Gasteiger partial charge in [0.05, 0.1) is 10.5 Å². The van der Waals surface area contributed by atoms with Gasteiger partial charge in [-0.1, -0.05) is 12.1 Å². The molecule has 2 saturated heterocycles. The first kappa shape index (κ1) is 14.7. The van der Waals surface area contributed by atoms with Crippen LogP contribution in [0.4, 0.5) is 0 Å². The third-order valence-electron chi connectivity index (χ3n) is 3.40. The lowest BCUT2D eigenvalue weighted by molar-refractivity contribution is -0.131. The van der Waals surface area contributed by atoms with Crippen molar-refractivity contribution in [3.05, 3.63) is 4.91 Å². The summed E-state index contributed by atoms with van der Waals surface area (Å²) in [5, 5.41) is 2.93. The fourth-order valence-corrected chi connectivity index (χ4v) is 3.44. The molecule has 2 fully saturated rings. The lowest BCUT2D eigenvalue weighted by Crippen LogP contribution is -2.44. The zero-order valence-electron chi connectivity index (χ0n) is 10.2. The molecular formula is C10H17BrN2O4S. The minimum Gasteiger partial charge on any atom is -0.366 e. The predicted octanol–water partition coefficient (Wildman–Crippen LogP) is 2.14. The number of nitroso groups, excluding NO2 is 1. The molecule has 0 aromatic rings. The van der Waals surface area contributed by atoms with Crippen LogP contribution in [0, 0.1) is 10.8 Å². The highest BCUT2D eigenvalue weighted by Gasteiger charge is 2.46. The fraction of sp³-hybridized carbons (Fsp3) is 1.00. The van der Waals surface area contributed by atoms with Gasteiger partial charge in [0, 0.05) is 33.9 Å². The van der Waals surface area contributed by atoms with Crippen molar-refractivity contribution in [2.24, 2.45) is 11.1 Å². The molecule has 4 unspecified atom stereocenters. The molecule has 0 amide bonds. The van der Waals surface area contributed by atoms with Crippen LogP contribution >= 0.6 is 25.3 Å². The summed E-state index contributed by atoms with van der Waals surface area (Å²) in [5.41, 5.74) is 0. The molecular weight excluding hydrogens is 324 g/mol. The molecule has 2 heterocycles. The molecule has 2 aliphatic rings. The van der Waals surface area contributed by atoms with Crippen molar-refractivity contribution in [2.75, 3.05) is 26.4 Å². The van der Waals surface area contributed by atoms with Gasteiger partial charge >= 0.3 is 0 Å². The molecule has 0 spiro atoms. The third-order valence-corrected chi connectivity index (χ3v) is 4.15. The molecule has 0 aliphatic carbocycles. The van der Waals surface area contributed by atoms with Gasteiger partial charge in [-0.05, 0) is 6.42 Å². The highest BCUT2D eigenvalue weighted by molar-refractivity contribution is 9.49. The first-order chi connectivity index (χ1) is 8.77. The van der Waals surface area contributed by atoms with Crippen LogP contribution in [0.15, 0.2) is 5.18 Å². The molecule has 8 heteroatoms. The molecule has 2 rings (SSSR count). The van der Waals surface area contributed by atoms with E-state index in [0.717, 1.165) is 30.0 Å². The summed E-state index contributed by atoms with van der Waals surface area (Å²) < 4.78 is 16.9. The van der Waals surface area contributed by atoms with E-state index in [-0.39, 0.29) is 30.9 Å². The Hall–Kier alpha value is 0.270. The van der Waals surface area contributed by atoms with Gasteiger partial charge < -0.3 is 9.47 Å². The first-order valence-electron chi connectivity index (χ1n) is 5.98. The molecule has 0 bridgehead atoms. The second-order valence-electron chi connectivity index (χ2n) is 4.56. The molecule has 0 aromatic carbocycles. The maximum atomic E-state index is 10.5. The monoisotopic (exact) mass is 340 g/mol. The van der Waals surface area contributed by atoms with E-state index in [1.165, 1.54) is 0 Å². The maximum absolute atomic E-state index is 10.5. The highest BCUT2D eigenvalue weighted by Crippen LogP contribution is 2.35. The van der Waals surface area contributed by atoms with Gasteiger partial charge in [0.15, 0.2) is 0 Å². The summed E-state index contributed by atoms with van der Waals surface area (Å²) in [4.78, 5) is 12.6. The third kappa shape index (κ3) is 3.23. The highest BCUT2D eigenvalue weighted by atomic mass is 79.9. The number of hydrogen-bond donors (Lipinski definition) is 0. The van der Waals surface area contributed by atoms with Crippen LogP contribution in [-0.4, -0.2) is 49.8 Å². The van der Waals surface area contributed by atoms with Crippen LogP contribution in [0.2, 0.25) is 0 Å². The van der Waals surface area contributed by atoms with Crippen LogP contribution in [0.25, 0.3) is 0 Å². The summed E-state index contributed by atoms with van der Waals surface area (Å²) in [7, 11) is 1.12. The van der Waals surface area contributed by atoms with E-state index in [2.05, 4.69) is 31.8 Å². The van der Waals surface area contributed by atoms with E-state index in [1.807, 2.05) is 0 Å². The van der Waals surface area contributed by atoms with Gasteiger partial charge in [0.2, 0.25) is 0 Å². The van der Waals surface area contributed by atoms with E-state index in [0.29, 0.717) is 6.73 Å². The molecule has 104 valence electrons. The predicted molar refractivity (Wildman–Crippen MR) is 72.0 cm³/mol. The van der Waals surface area contributed by atoms with Crippen LogP contribution in [0.1, 0.15) is 13.3 Å². The molecule has 2 aliphatic heterocycles. The van der Waals surface area contributed by atoms with E-state index in [1.54, 1.807) is 0 Å². The minimum absolute atomic E-state index is 0.0679. The van der Waals surface area contributed by atoms with E-state index < -0.39 is 0 Å². The summed E-state index contributed by atoms with van der Waals surface area (Å²) >= 11 is 3.17. The zero-order valence-corrected chi connectivity index (χ0v) is 12.6. The number of rotatable bonds is 5. The van der Waals surface area contributed by atoms with Crippen LogP contribution in [0.3, 0.4) is 0 Å². The standard InChI is InChI=1S/C10H17BrN2O4S/c1-7-9(17-18-11)8(5-12-14)16-10(7)13-3-2-4-15-6-13/h7-10H,2-6H2,1H3. The molecule has 0 saturated carbocycles. The lowest BCUT2D eigenvalue weighted by atomic mass is 10.0. The molecule has 4 atom stereocenters. The number of ether oxygens (including phenoxy) is 2. The molecule has 18 heavy (non-hydrogen) atoms. The Balaban J connectivity index is 2.01. The van der Waals surface area contributed by atoms with Crippen molar-refractivity contribution in [3.63, 3.8) is 0 Å². The Labute approximate surface area is 118 Å². The zero-order chi connectivity index (χ0) is 13.0. The fourth-order valence-electron chi connectivity index (χ4n) is 2.53. The van der Waals surface area contributed by atoms with Crippen LogP contribution in [0.5, 0.6) is 0 Å². The van der Waals surface area contributed by atoms with Crippen molar-refractivity contribution in [1.29, 1.82) is 0 Å². The normalized spacial score (nSPS) is 37.9. The average molecular weight is 341 g/mol. The largest absolute Gasteiger partial charge is 0.366 e. The smallest absolute Gasteiger partial charge is 0.118 e. The van der Waals surface area contributed by atoms with Gasteiger partial charge in [-0.2, -0.15) is 4.91 Å². The van der Waals surface area contributed by atoms with Gasteiger partial charge in [-0.25, -0.2) is 0 Å². The molecule has 0 N–H and O–H groups in total. The summed E-state index contributed by atoms with van der Waals surface area (Å²) in [6.45, 7) is 4.51. The molecule has 6 nitrogen and oxygen atoms in total. The summed E-state index contributed by atoms with van der Waals surface area (Å²) in [6, 6.07) is 0. The van der Waals surface area contributed by atoms with E-state index in [4.69, 9.17) is 13.7 Å². The van der Waals surface area contributed by atoms with Gasteiger partial charge in [-0.15, -0.1) is 0 Å². The van der Waals surface area contributed by atoms with Gasteiger partial charge in [0.1, 0.15) is 31.7 Å². The van der Waals surface area contributed by atoms with Crippen molar-refractivity contribution in [3.8, 4) is 0 Å². The SMILES string of the molecule is CC1C(OSBr)C(CN=O)OC1N1CCCOC1. The summed E-state index contributed by atoms with van der Waals surface area (Å²) in [5.74, 6) is 0.170. The quantitative estimate of drug-likeness (QED) is 0.564. The topological polar surface area (TPSA) is 60.4 Å². The summed E-state index contributed by atoms with van der Waals surface area (Å²) in [6.07, 6.45) is 0.511. The average Bonchev–Trinajstić information content (AvgIpc) is 2.70. The van der Waals surface area contributed by atoms with Crippen molar-refractivity contribution >= 4 is 25.3 Å². The lowest BCUT2D eigenvalue weighted by Gasteiger charge is -2.33. The Morgan fingerprint density at radius 1 is 1.61 bits per heavy atom. The second-order valence-corrected chi connectivity index (χ2v) is 5.67. The number of halogens is 1. The second kappa shape index (κ2) is 7.16. The Kier molecular flexibility index (Phi) is 5.84. The van der Waals surface area contributed by atoms with Gasteiger partial charge in [0.25, 0.3) is 0 Å². The Bertz CT molecular complexity index is 281. The Morgan fingerprint density at radius 3 is 3.06 bits per heavy atom. The number of hydrogen-bond acceptors (Lipinski definition) is 7. The maximum Gasteiger partial charge on any atom is 0.118 e. The van der Waals surface area contributed by atoms with E-state index >= 15 is 0 Å². The first-order valence-corrected chi connectivity index (χ1v) is 8.56. The van der Waals surface area contributed by atoms with Crippen LogP contribution < -0.4 is 0 Å². The van der Waals surface area contributed by atoms with Gasteiger partial charge in [-0.3, -0.25) is 9.08 Å². The number of nitrogens with zero attached hydrogens (tertiary/aromatic N) is 2.